The van der Waals surface area contributed by atoms with E-state index in [2.05, 4.69) is 96.1 Å². The van der Waals surface area contributed by atoms with Gasteiger partial charge in [0.25, 0.3) is 0 Å². The Balaban J connectivity index is 1.89. The van der Waals surface area contributed by atoms with Crippen LogP contribution in [0.2, 0.25) is 0 Å². The smallest absolute Gasteiger partial charge is 0.246 e. The van der Waals surface area contributed by atoms with Gasteiger partial charge in [-0.05, 0) is 61.1 Å². The van der Waals surface area contributed by atoms with Crippen molar-refractivity contribution in [3.8, 4) is 0 Å². The highest BCUT2D eigenvalue weighted by atomic mass is 16.2. The van der Waals surface area contributed by atoms with Gasteiger partial charge < -0.3 is 0 Å². The molecule has 0 aromatic heterocycles. The first-order valence-electron chi connectivity index (χ1n) is 10.3. The summed E-state index contributed by atoms with van der Waals surface area (Å²) >= 11 is 0. The van der Waals surface area contributed by atoms with E-state index in [4.69, 9.17) is 0 Å². The summed E-state index contributed by atoms with van der Waals surface area (Å²) < 4.78 is 0. The molecule has 1 amide bonds. The molecule has 0 aliphatic carbocycles. The minimum Gasteiger partial charge on any atom is -0.280 e. The van der Waals surface area contributed by atoms with E-state index >= 15 is 0 Å². The third-order valence-corrected chi connectivity index (χ3v) is 6.18. The molecule has 2 nitrogen and oxygen atoms in total. The molecule has 4 rings (SSSR count). The van der Waals surface area contributed by atoms with E-state index in [9.17, 15) is 4.79 Å². The minimum absolute atomic E-state index is 0.0849. The molecule has 0 saturated carbocycles. The topological polar surface area (TPSA) is 20.3 Å². The number of aryl methyl sites for hydroxylation is 2. The second-order valence-electron chi connectivity index (χ2n) is 9.45. The SMILES string of the molecule is Cc1ccc(N2C(=O)C(C)(c3ccc(C(C)(C)C)cc3)c3cc(C)ccc32)cc1. The Morgan fingerprint density at radius 2 is 1.38 bits per heavy atom. The van der Waals surface area contributed by atoms with E-state index in [1.54, 1.807) is 0 Å². The summed E-state index contributed by atoms with van der Waals surface area (Å²) in [6, 6.07) is 23.1. The summed E-state index contributed by atoms with van der Waals surface area (Å²) in [4.78, 5) is 15.8. The summed E-state index contributed by atoms with van der Waals surface area (Å²) in [5.74, 6) is 0.102. The van der Waals surface area contributed by atoms with E-state index < -0.39 is 5.41 Å². The van der Waals surface area contributed by atoms with Crippen LogP contribution >= 0.6 is 0 Å². The van der Waals surface area contributed by atoms with Crippen LogP contribution in [0, 0.1) is 13.8 Å². The fourth-order valence-corrected chi connectivity index (χ4v) is 4.23. The highest BCUT2D eigenvalue weighted by Gasteiger charge is 2.49. The number of fused-ring (bicyclic) bond motifs is 1. The van der Waals surface area contributed by atoms with Crippen molar-refractivity contribution in [2.24, 2.45) is 0 Å². The lowest BCUT2D eigenvalue weighted by Crippen LogP contribution is -2.36. The quantitative estimate of drug-likeness (QED) is 0.489. The predicted molar refractivity (Wildman–Crippen MR) is 121 cm³/mol. The highest BCUT2D eigenvalue weighted by Crippen LogP contribution is 2.49. The van der Waals surface area contributed by atoms with Crippen LogP contribution in [-0.4, -0.2) is 5.91 Å². The first-order chi connectivity index (χ1) is 13.6. The van der Waals surface area contributed by atoms with Gasteiger partial charge in [-0.1, -0.05) is 80.4 Å². The third-order valence-electron chi connectivity index (χ3n) is 6.18. The lowest BCUT2D eigenvalue weighted by Gasteiger charge is -2.27. The number of amides is 1. The Hall–Kier alpha value is -2.87. The van der Waals surface area contributed by atoms with Crippen molar-refractivity contribution in [1.82, 2.24) is 0 Å². The monoisotopic (exact) mass is 383 g/mol. The van der Waals surface area contributed by atoms with E-state index in [1.807, 2.05) is 17.0 Å². The molecule has 0 fully saturated rings. The number of carbonyl (C=O) groups is 1. The first kappa shape index (κ1) is 19.4. The van der Waals surface area contributed by atoms with Crippen molar-refractivity contribution in [3.63, 3.8) is 0 Å². The molecule has 1 aliphatic rings. The molecule has 0 radical (unpaired) electrons. The van der Waals surface area contributed by atoms with Gasteiger partial charge in [-0.2, -0.15) is 0 Å². The number of carbonyl (C=O) groups excluding carboxylic acids is 1. The van der Waals surface area contributed by atoms with Gasteiger partial charge in [0, 0.05) is 5.69 Å². The molecule has 0 spiro atoms. The molecular formula is C27H29NO. The van der Waals surface area contributed by atoms with Crippen molar-refractivity contribution in [1.29, 1.82) is 0 Å². The molecule has 1 heterocycles. The van der Waals surface area contributed by atoms with Crippen molar-refractivity contribution in [2.45, 2.75) is 52.4 Å². The van der Waals surface area contributed by atoms with Crippen LogP contribution in [-0.2, 0) is 15.6 Å². The van der Waals surface area contributed by atoms with E-state index in [0.29, 0.717) is 0 Å². The lowest BCUT2D eigenvalue weighted by atomic mass is 9.75. The van der Waals surface area contributed by atoms with Gasteiger partial charge in [0.15, 0.2) is 0 Å². The number of hydrogen-bond donors (Lipinski definition) is 0. The average Bonchev–Trinajstić information content (AvgIpc) is 2.90. The van der Waals surface area contributed by atoms with Gasteiger partial charge in [-0.25, -0.2) is 0 Å². The van der Waals surface area contributed by atoms with Gasteiger partial charge in [-0.15, -0.1) is 0 Å². The second kappa shape index (κ2) is 6.59. The van der Waals surface area contributed by atoms with Gasteiger partial charge in [0.1, 0.15) is 0 Å². The van der Waals surface area contributed by atoms with Gasteiger partial charge >= 0.3 is 0 Å². The number of hydrogen-bond acceptors (Lipinski definition) is 1. The fourth-order valence-electron chi connectivity index (χ4n) is 4.23. The zero-order valence-electron chi connectivity index (χ0n) is 18.2. The Morgan fingerprint density at radius 1 is 0.793 bits per heavy atom. The molecule has 0 bridgehead atoms. The predicted octanol–water partition coefficient (Wildman–Crippen LogP) is 6.59. The van der Waals surface area contributed by atoms with Crippen LogP contribution in [0.5, 0.6) is 0 Å². The molecule has 1 unspecified atom stereocenters. The largest absolute Gasteiger partial charge is 0.280 e. The Morgan fingerprint density at radius 3 is 1.97 bits per heavy atom. The Kier molecular flexibility index (Phi) is 4.42. The normalized spacial score (nSPS) is 18.8. The molecule has 1 atom stereocenters. The van der Waals surface area contributed by atoms with Crippen molar-refractivity contribution < 1.29 is 4.79 Å². The van der Waals surface area contributed by atoms with E-state index in [-0.39, 0.29) is 11.3 Å². The Labute approximate surface area is 174 Å². The molecule has 1 aliphatic heterocycles. The molecule has 2 heteroatoms. The van der Waals surface area contributed by atoms with E-state index in [1.165, 1.54) is 16.7 Å². The molecule has 0 saturated heterocycles. The van der Waals surface area contributed by atoms with Crippen LogP contribution in [0.15, 0.2) is 66.7 Å². The number of nitrogens with zero attached hydrogens (tertiary/aromatic N) is 1. The first-order valence-corrected chi connectivity index (χ1v) is 10.3. The van der Waals surface area contributed by atoms with E-state index in [0.717, 1.165) is 22.5 Å². The molecular weight excluding hydrogens is 354 g/mol. The van der Waals surface area contributed by atoms with Crippen molar-refractivity contribution in [2.75, 3.05) is 4.90 Å². The lowest BCUT2D eigenvalue weighted by molar-refractivity contribution is -0.120. The number of anilines is 2. The number of benzene rings is 3. The molecule has 29 heavy (non-hydrogen) atoms. The summed E-state index contributed by atoms with van der Waals surface area (Å²) in [6.07, 6.45) is 0. The van der Waals surface area contributed by atoms with Crippen LogP contribution in [0.25, 0.3) is 0 Å². The zero-order valence-corrected chi connectivity index (χ0v) is 18.2. The van der Waals surface area contributed by atoms with Gasteiger partial charge in [-0.3, -0.25) is 9.69 Å². The molecule has 3 aromatic carbocycles. The molecule has 148 valence electrons. The van der Waals surface area contributed by atoms with Gasteiger partial charge in [0.2, 0.25) is 5.91 Å². The highest BCUT2D eigenvalue weighted by molar-refractivity contribution is 6.14. The fraction of sp³-hybridized carbons (Fsp3) is 0.296. The standard InChI is InChI=1S/C27H29NO/c1-18-7-14-22(15-8-18)28-24-16-9-19(2)17-23(24)27(6,25(28)29)21-12-10-20(11-13-21)26(3,4)5/h7-17H,1-6H3. The maximum absolute atomic E-state index is 13.9. The minimum atomic E-state index is -0.706. The third kappa shape index (κ3) is 3.07. The number of rotatable bonds is 2. The van der Waals surface area contributed by atoms with Gasteiger partial charge in [0.05, 0.1) is 11.1 Å². The summed E-state index contributed by atoms with van der Waals surface area (Å²) in [7, 11) is 0. The van der Waals surface area contributed by atoms with Crippen molar-refractivity contribution in [3.05, 3.63) is 94.5 Å². The molecule has 3 aromatic rings. The zero-order chi connectivity index (χ0) is 21.0. The summed E-state index contributed by atoms with van der Waals surface area (Å²) in [6.45, 7) is 12.8. The van der Waals surface area contributed by atoms with Crippen LogP contribution in [0.4, 0.5) is 11.4 Å². The average molecular weight is 384 g/mol. The van der Waals surface area contributed by atoms with Crippen LogP contribution in [0.1, 0.15) is 55.5 Å². The second-order valence-corrected chi connectivity index (χ2v) is 9.45. The maximum Gasteiger partial charge on any atom is 0.246 e. The molecule has 0 N–H and O–H groups in total. The van der Waals surface area contributed by atoms with Crippen molar-refractivity contribution >= 4 is 17.3 Å². The summed E-state index contributed by atoms with van der Waals surface area (Å²) in [5, 5.41) is 0. The van der Waals surface area contributed by atoms with Crippen LogP contribution in [0.3, 0.4) is 0 Å². The maximum atomic E-state index is 13.9. The summed E-state index contributed by atoms with van der Waals surface area (Å²) in [5.41, 5.74) is 7.01. The van der Waals surface area contributed by atoms with Crippen LogP contribution < -0.4 is 4.90 Å². The Bertz CT molecular complexity index is 1070.